The molecule has 0 saturated carbocycles. The maximum Gasteiger partial charge on any atom is 0.357 e. The summed E-state index contributed by atoms with van der Waals surface area (Å²) in [4.78, 5) is 50.5. The maximum atomic E-state index is 14.6. The Labute approximate surface area is 555 Å². The first kappa shape index (κ1) is 62.7. The molecule has 484 valence electrons. The molecule has 0 bridgehead atoms. The van der Waals surface area contributed by atoms with Crippen molar-refractivity contribution in [3.8, 4) is 49.9 Å². The highest BCUT2D eigenvalue weighted by molar-refractivity contribution is 7.22. The molecule has 6 aromatic carbocycles. The normalized spacial score (nSPS) is 11.8. The fourth-order valence-electron chi connectivity index (χ4n) is 12.8. The first-order chi connectivity index (χ1) is 46.6. The summed E-state index contributed by atoms with van der Waals surface area (Å²) in [5, 5.41) is 54.7. The van der Waals surface area contributed by atoms with Crippen LogP contribution in [0, 0.1) is 23.3 Å². The number of benzene rings is 6. The number of fused-ring (bicyclic) bond motifs is 7. The van der Waals surface area contributed by atoms with Gasteiger partial charge in [0.1, 0.15) is 23.1 Å². The van der Waals surface area contributed by atoms with Gasteiger partial charge in [0.15, 0.2) is 22.4 Å². The number of nitrogens with zero attached hydrogens (tertiary/aromatic N) is 9. The van der Waals surface area contributed by atoms with Gasteiger partial charge in [-0.15, -0.1) is 11.3 Å². The molecule has 16 rings (SSSR count). The lowest BCUT2D eigenvalue weighted by Crippen LogP contribution is -2.06. The molecule has 25 heteroatoms. The smallest absolute Gasteiger partial charge is 0.357 e. The fourth-order valence-corrected chi connectivity index (χ4v) is 14.1. The molecule has 0 aliphatic rings. The van der Waals surface area contributed by atoms with Crippen LogP contribution < -0.4 is 0 Å². The van der Waals surface area contributed by atoms with Crippen LogP contribution in [0.4, 0.5) is 17.6 Å². The monoisotopic (exact) mass is 1340 g/mol. The third-order valence-corrected chi connectivity index (χ3v) is 18.3. The average Bonchev–Trinajstić information content (AvgIpc) is 1.59. The predicted octanol–water partition coefficient (Wildman–Crippen LogP) is 17.9. The minimum atomic E-state index is -1.42. The number of hydrogen-bond donors (Lipinski definition) is 7. The molecule has 0 aliphatic carbocycles. The molecule has 0 atom stereocenters. The first-order valence-corrected chi connectivity index (χ1v) is 31.6. The van der Waals surface area contributed by atoms with E-state index < -0.39 is 29.4 Å². The average molecular weight is 1340 g/mol. The summed E-state index contributed by atoms with van der Waals surface area (Å²) in [5.41, 5.74) is 14.0. The third kappa shape index (κ3) is 11.1. The van der Waals surface area contributed by atoms with Gasteiger partial charge in [0.2, 0.25) is 0 Å². The number of rotatable bonds is 12. The second-order valence-electron chi connectivity index (χ2n) is 24.1. The Hall–Kier alpha value is -11.8. The predicted molar refractivity (Wildman–Crippen MR) is 366 cm³/mol. The van der Waals surface area contributed by atoms with Crippen molar-refractivity contribution in [2.75, 3.05) is 0 Å². The lowest BCUT2D eigenvalue weighted by molar-refractivity contribution is 0.0676. The summed E-state index contributed by atoms with van der Waals surface area (Å²) < 4.78 is 62.8. The van der Waals surface area contributed by atoms with Crippen LogP contribution in [0.1, 0.15) is 108 Å². The molecule has 10 aromatic heterocycles. The van der Waals surface area contributed by atoms with Crippen molar-refractivity contribution in [3.05, 3.63) is 221 Å². The van der Waals surface area contributed by atoms with Gasteiger partial charge in [-0.2, -0.15) is 15.3 Å². The standard InChI is InChI=1S/C25H19FN4O2S.C24H18F2N4O2.C23H17ClFN5O2/c1-12(2)24-23(22-9-18-21(33-22)10-19(28-18)25(31)32)16-8-17-13(11-27-29-17)7-20(16)30(24)15-5-3-14(26)4-6-15;1-12(2)23-21(14-7-18(26)22(24(31)32)27-10-14)17-9-19-13(11-28-29-19)8-20(17)30(23)16-5-3-15(25)4-6-16;1-11(2)21-19(17-10-26-22(24)20(28-17)23(31)32)15-8-16-12(9-27-29-16)7-18(15)30(21)14-5-3-13(25)4-6-14/h3-12,28H,1-2H3,(H,27,29)(H,31,32);3-12H,1-2H3,(H,28,29)(H,31,32);3-11H,1-2H3,(H,27,29)(H,31,32). The molecule has 97 heavy (non-hydrogen) atoms. The van der Waals surface area contributed by atoms with Gasteiger partial charge in [-0.1, -0.05) is 53.1 Å². The number of aromatic nitrogens is 13. The molecule has 16 aromatic rings. The molecular weight excluding hydrogens is 1290 g/mol. The van der Waals surface area contributed by atoms with Gasteiger partial charge in [-0.3, -0.25) is 15.3 Å². The molecule has 7 N–H and O–H groups in total. The van der Waals surface area contributed by atoms with Gasteiger partial charge >= 0.3 is 17.9 Å². The third-order valence-electron chi connectivity index (χ3n) is 16.9. The zero-order chi connectivity index (χ0) is 68.0. The van der Waals surface area contributed by atoms with E-state index in [0.29, 0.717) is 11.3 Å². The van der Waals surface area contributed by atoms with Crippen LogP contribution in [0.2, 0.25) is 5.15 Å². The number of carboxylic acids is 3. The second-order valence-corrected chi connectivity index (χ2v) is 25.5. The Morgan fingerprint density at radius 1 is 0.474 bits per heavy atom. The van der Waals surface area contributed by atoms with Crippen molar-refractivity contribution in [2.24, 2.45) is 0 Å². The van der Waals surface area contributed by atoms with Crippen molar-refractivity contribution in [3.63, 3.8) is 0 Å². The number of halogens is 5. The largest absolute Gasteiger partial charge is 0.477 e. The molecule has 0 aliphatic heterocycles. The quantitative estimate of drug-likeness (QED) is 0.0563. The molecule has 0 fully saturated rings. The number of carboxylic acid groups (broad SMARTS) is 3. The number of aromatic amines is 4. The summed E-state index contributed by atoms with van der Waals surface area (Å²) in [6.45, 7) is 12.4. The summed E-state index contributed by atoms with van der Waals surface area (Å²) in [6.07, 6.45) is 8.10. The molecule has 0 radical (unpaired) electrons. The van der Waals surface area contributed by atoms with E-state index >= 15 is 0 Å². The van der Waals surface area contributed by atoms with E-state index in [0.717, 1.165) is 131 Å². The Kier molecular flexibility index (Phi) is 15.9. The number of pyridine rings is 1. The molecule has 0 amide bonds. The zero-order valence-electron chi connectivity index (χ0n) is 52.1. The van der Waals surface area contributed by atoms with Crippen molar-refractivity contribution >= 4 is 116 Å². The van der Waals surface area contributed by atoms with Crippen LogP contribution in [-0.4, -0.2) is 97.5 Å². The number of hydrogen-bond acceptors (Lipinski definition) is 10. The summed E-state index contributed by atoms with van der Waals surface area (Å²) in [5.74, 6) is -5.32. The van der Waals surface area contributed by atoms with Crippen LogP contribution in [0.5, 0.6) is 0 Å². The van der Waals surface area contributed by atoms with Gasteiger partial charge in [-0.05, 0) is 145 Å². The highest BCUT2D eigenvalue weighted by atomic mass is 35.5. The molecular formula is C72H54ClF4N13O6S. The molecule has 0 saturated heterocycles. The van der Waals surface area contributed by atoms with Gasteiger partial charge < -0.3 is 34.0 Å². The van der Waals surface area contributed by atoms with Gasteiger partial charge in [0.05, 0.1) is 73.8 Å². The minimum Gasteiger partial charge on any atom is -0.477 e. The molecule has 10 heterocycles. The van der Waals surface area contributed by atoms with E-state index in [9.17, 15) is 42.2 Å². The zero-order valence-corrected chi connectivity index (χ0v) is 53.7. The van der Waals surface area contributed by atoms with E-state index in [4.69, 9.17) is 16.7 Å². The maximum absolute atomic E-state index is 14.6. The van der Waals surface area contributed by atoms with Crippen LogP contribution in [0.15, 0.2) is 158 Å². The van der Waals surface area contributed by atoms with Crippen molar-refractivity contribution < 1.29 is 47.3 Å². The summed E-state index contributed by atoms with van der Waals surface area (Å²) in [7, 11) is 0. The van der Waals surface area contributed by atoms with Gasteiger partial charge in [0.25, 0.3) is 0 Å². The fraction of sp³-hybridized carbons (Fsp3) is 0.125. The Morgan fingerprint density at radius 3 is 1.31 bits per heavy atom. The highest BCUT2D eigenvalue weighted by Gasteiger charge is 2.29. The number of H-pyrrole nitrogens is 4. The van der Waals surface area contributed by atoms with Crippen molar-refractivity contribution in [1.29, 1.82) is 0 Å². The van der Waals surface area contributed by atoms with E-state index in [1.807, 2.05) is 67.2 Å². The number of nitrogens with one attached hydrogen (secondary N) is 4. The van der Waals surface area contributed by atoms with Gasteiger partial charge in [-0.25, -0.2) is 46.9 Å². The lowest BCUT2D eigenvalue weighted by Gasteiger charge is -2.16. The first-order valence-electron chi connectivity index (χ1n) is 30.4. The molecule has 0 unspecified atom stereocenters. The highest BCUT2D eigenvalue weighted by Crippen LogP contribution is 2.47. The lowest BCUT2D eigenvalue weighted by atomic mass is 9.97. The van der Waals surface area contributed by atoms with E-state index in [2.05, 4.69) is 81.1 Å². The van der Waals surface area contributed by atoms with E-state index in [-0.39, 0.29) is 51.7 Å². The number of carbonyl (C=O) groups is 3. The summed E-state index contributed by atoms with van der Waals surface area (Å²) in [6, 6.07) is 35.9. The minimum absolute atomic E-state index is 0.00105. The Morgan fingerprint density at radius 2 is 0.897 bits per heavy atom. The van der Waals surface area contributed by atoms with E-state index in [1.54, 1.807) is 72.4 Å². The molecule has 0 spiro atoms. The number of thiophene rings is 1. The Bertz CT molecular complexity index is 5790. The van der Waals surface area contributed by atoms with Crippen LogP contribution in [0.25, 0.3) is 126 Å². The summed E-state index contributed by atoms with van der Waals surface area (Å²) >= 11 is 7.53. The Balaban J connectivity index is 0.000000125. The number of aromatic carboxylic acids is 3. The van der Waals surface area contributed by atoms with Crippen LogP contribution in [0.3, 0.4) is 0 Å². The molecule has 19 nitrogen and oxygen atoms in total. The van der Waals surface area contributed by atoms with Crippen LogP contribution in [-0.2, 0) is 0 Å². The SMILES string of the molecule is CC(C)c1c(-c2cc3[nH]c(C(=O)O)cc3s2)c2cc3[nH]ncc3cc2n1-c1ccc(F)cc1.CC(C)c1c(-c2cnc(C(=O)O)c(F)c2)c2cc3[nH]ncc3cc2n1-c1ccc(F)cc1.CC(C)c1c(-c2cnc(Cl)c(C(=O)O)n2)c2cc3[nH]ncc3cc2n1-c1ccc(F)cc1. The van der Waals surface area contributed by atoms with E-state index in [1.165, 1.54) is 54.9 Å². The second kappa shape index (κ2) is 24.5. The van der Waals surface area contributed by atoms with Crippen LogP contribution >= 0.6 is 22.9 Å². The van der Waals surface area contributed by atoms with Gasteiger partial charge in [0, 0.05) is 99.8 Å². The topological polar surface area (TPSA) is 267 Å². The van der Waals surface area contributed by atoms with Crippen molar-refractivity contribution in [2.45, 2.75) is 59.3 Å². The van der Waals surface area contributed by atoms with Crippen molar-refractivity contribution in [1.82, 2.24) is 64.2 Å².